The Morgan fingerprint density at radius 3 is 2.67 bits per heavy atom. The van der Waals surface area contributed by atoms with Gasteiger partial charge in [0.25, 0.3) is 11.5 Å². The average molecular weight is 577 g/mol. The molecule has 214 valence electrons. The Balaban J connectivity index is 1.21. The summed E-state index contributed by atoms with van der Waals surface area (Å²) >= 11 is 0. The monoisotopic (exact) mass is 576 g/mol. The van der Waals surface area contributed by atoms with Gasteiger partial charge in [0, 0.05) is 36.8 Å². The standard InChI is InChI=1S/C28H23F3N8O3/c29-15-1-4-17(5-2-15)39-28(41)18(7-12-34-39)27(40)35-16-3-6-22(19(30)13-16)42-23-9-11-33-25-24(23)26(38-37-25)36-21-8-10-32-14-20(21)31/h1-7,9,11-13,20-21,32H,8,10,14H2,(H,35,40)(H2,33,36,37,38). The number of anilines is 2. The summed E-state index contributed by atoms with van der Waals surface area (Å²) in [7, 11) is 0. The number of carbonyl (C=O) groups excluding carboxylic acids is 1. The van der Waals surface area contributed by atoms with E-state index in [-0.39, 0.29) is 35.0 Å². The number of hydrogen-bond donors (Lipinski definition) is 4. The first kappa shape index (κ1) is 27.0. The van der Waals surface area contributed by atoms with Crippen molar-refractivity contribution < 1.29 is 22.7 Å². The number of benzene rings is 2. The molecule has 1 fully saturated rings. The van der Waals surface area contributed by atoms with Gasteiger partial charge in [0.2, 0.25) is 0 Å². The zero-order valence-electron chi connectivity index (χ0n) is 21.8. The third-order valence-corrected chi connectivity index (χ3v) is 6.72. The predicted molar refractivity (Wildman–Crippen MR) is 148 cm³/mol. The second kappa shape index (κ2) is 11.3. The summed E-state index contributed by atoms with van der Waals surface area (Å²) < 4.78 is 49.6. The Bertz CT molecular complexity index is 1830. The molecule has 1 aliphatic heterocycles. The molecule has 11 nitrogen and oxygen atoms in total. The number of nitrogens with one attached hydrogen (secondary N) is 4. The van der Waals surface area contributed by atoms with Crippen molar-refractivity contribution in [3.05, 3.63) is 94.5 Å². The first-order chi connectivity index (χ1) is 20.4. The SMILES string of the molecule is O=C(Nc1ccc(Oc2ccnc3[nH]nc(NC4CCNCC4F)c23)c(F)c1)c1ccnn(-c2ccc(F)cc2)c1=O. The number of aromatic nitrogens is 5. The number of amides is 1. The van der Waals surface area contributed by atoms with Crippen molar-refractivity contribution in [3.63, 3.8) is 0 Å². The predicted octanol–water partition coefficient (Wildman–Crippen LogP) is 3.94. The lowest BCUT2D eigenvalue weighted by Crippen LogP contribution is -2.45. The fourth-order valence-corrected chi connectivity index (χ4v) is 4.60. The number of hydrogen-bond acceptors (Lipinski definition) is 8. The molecular formula is C28H23F3N8O3. The second-order valence-electron chi connectivity index (χ2n) is 9.50. The van der Waals surface area contributed by atoms with Crippen LogP contribution in [0.2, 0.25) is 0 Å². The highest BCUT2D eigenvalue weighted by atomic mass is 19.1. The van der Waals surface area contributed by atoms with E-state index in [9.17, 15) is 18.4 Å². The summed E-state index contributed by atoms with van der Waals surface area (Å²) in [6.45, 7) is 0.878. The number of ether oxygens (including phenoxy) is 1. The van der Waals surface area contributed by atoms with Gasteiger partial charge in [0.15, 0.2) is 23.0 Å². The van der Waals surface area contributed by atoms with Crippen LogP contribution in [-0.4, -0.2) is 56.2 Å². The number of fused-ring (bicyclic) bond motifs is 1. The van der Waals surface area contributed by atoms with E-state index < -0.39 is 35.3 Å². The number of carbonyl (C=O) groups is 1. The maximum atomic E-state index is 15.1. The molecular weight excluding hydrogens is 553 g/mol. The van der Waals surface area contributed by atoms with Gasteiger partial charge in [-0.05, 0) is 55.4 Å². The quantitative estimate of drug-likeness (QED) is 0.229. The van der Waals surface area contributed by atoms with E-state index in [1.165, 1.54) is 48.8 Å². The van der Waals surface area contributed by atoms with Gasteiger partial charge in [0.05, 0.1) is 11.7 Å². The number of pyridine rings is 1. The maximum Gasteiger partial charge on any atom is 0.284 e. The zero-order chi connectivity index (χ0) is 29.2. The molecule has 6 rings (SSSR count). The number of nitrogens with zero attached hydrogens (tertiary/aromatic N) is 4. The molecule has 0 bridgehead atoms. The number of rotatable bonds is 7. The summed E-state index contributed by atoms with van der Waals surface area (Å²) in [5.41, 5.74) is -0.285. The summed E-state index contributed by atoms with van der Waals surface area (Å²) in [4.78, 5) is 30.0. The summed E-state index contributed by atoms with van der Waals surface area (Å²) in [5, 5.41) is 19.9. The van der Waals surface area contributed by atoms with Crippen LogP contribution < -0.4 is 26.2 Å². The van der Waals surface area contributed by atoms with Crippen LogP contribution in [0.5, 0.6) is 11.5 Å². The lowest BCUT2D eigenvalue weighted by Gasteiger charge is -2.27. The molecule has 5 aromatic rings. The van der Waals surface area contributed by atoms with Crippen molar-refractivity contribution in [2.24, 2.45) is 0 Å². The Labute approximate surface area is 235 Å². The van der Waals surface area contributed by atoms with Gasteiger partial charge >= 0.3 is 0 Å². The van der Waals surface area contributed by atoms with Crippen LogP contribution >= 0.6 is 0 Å². The molecule has 0 aliphatic carbocycles. The van der Waals surface area contributed by atoms with E-state index in [4.69, 9.17) is 4.74 Å². The maximum absolute atomic E-state index is 15.1. The van der Waals surface area contributed by atoms with E-state index in [1.807, 2.05) is 0 Å². The van der Waals surface area contributed by atoms with Crippen LogP contribution in [0, 0.1) is 11.6 Å². The number of piperidine rings is 1. The molecule has 1 amide bonds. The van der Waals surface area contributed by atoms with Crippen LogP contribution in [-0.2, 0) is 0 Å². The second-order valence-corrected chi connectivity index (χ2v) is 9.50. The van der Waals surface area contributed by atoms with Crippen molar-refractivity contribution in [2.45, 2.75) is 18.6 Å². The van der Waals surface area contributed by atoms with Crippen LogP contribution in [0.15, 0.2) is 71.8 Å². The molecule has 0 spiro atoms. The van der Waals surface area contributed by atoms with Gasteiger partial charge in [-0.2, -0.15) is 14.9 Å². The minimum Gasteiger partial charge on any atom is -0.453 e. The third-order valence-electron chi connectivity index (χ3n) is 6.72. The van der Waals surface area contributed by atoms with Crippen LogP contribution in [0.25, 0.3) is 16.7 Å². The molecule has 1 aliphatic rings. The lowest BCUT2D eigenvalue weighted by atomic mass is 10.0. The molecule has 42 heavy (non-hydrogen) atoms. The Morgan fingerprint density at radius 1 is 1.05 bits per heavy atom. The van der Waals surface area contributed by atoms with Crippen LogP contribution in [0.3, 0.4) is 0 Å². The fraction of sp³-hybridized carbons (Fsp3) is 0.179. The van der Waals surface area contributed by atoms with E-state index in [0.29, 0.717) is 29.8 Å². The molecule has 0 radical (unpaired) electrons. The fourth-order valence-electron chi connectivity index (χ4n) is 4.60. The van der Waals surface area contributed by atoms with E-state index >= 15 is 4.39 Å². The van der Waals surface area contributed by atoms with E-state index in [2.05, 4.69) is 36.2 Å². The highest BCUT2D eigenvalue weighted by Crippen LogP contribution is 2.35. The minimum absolute atomic E-state index is 0.0693. The van der Waals surface area contributed by atoms with Crippen LogP contribution in [0.1, 0.15) is 16.8 Å². The van der Waals surface area contributed by atoms with Gasteiger partial charge in [-0.3, -0.25) is 14.7 Å². The zero-order valence-corrected chi connectivity index (χ0v) is 21.8. The molecule has 2 atom stereocenters. The molecule has 4 heterocycles. The highest BCUT2D eigenvalue weighted by Gasteiger charge is 2.26. The van der Waals surface area contributed by atoms with Crippen molar-refractivity contribution >= 4 is 28.4 Å². The molecule has 2 aromatic carbocycles. The molecule has 3 aromatic heterocycles. The van der Waals surface area contributed by atoms with Crippen molar-refractivity contribution in [1.82, 2.24) is 30.3 Å². The Morgan fingerprint density at radius 2 is 1.88 bits per heavy atom. The summed E-state index contributed by atoms with van der Waals surface area (Å²) in [6.07, 6.45) is 2.14. The van der Waals surface area contributed by atoms with Gasteiger partial charge in [0.1, 0.15) is 28.7 Å². The largest absolute Gasteiger partial charge is 0.453 e. The molecule has 4 N–H and O–H groups in total. The molecule has 0 saturated carbocycles. The first-order valence-corrected chi connectivity index (χ1v) is 12.9. The number of aromatic amines is 1. The topological polar surface area (TPSA) is 139 Å². The van der Waals surface area contributed by atoms with E-state index in [0.717, 1.165) is 22.9 Å². The summed E-state index contributed by atoms with van der Waals surface area (Å²) in [6, 6.07) is 11.1. The highest BCUT2D eigenvalue weighted by molar-refractivity contribution is 6.04. The van der Waals surface area contributed by atoms with Crippen molar-refractivity contribution in [3.8, 4) is 17.2 Å². The smallest absolute Gasteiger partial charge is 0.284 e. The van der Waals surface area contributed by atoms with Gasteiger partial charge in [-0.1, -0.05) is 0 Å². The normalized spacial score (nSPS) is 16.7. The minimum atomic E-state index is -1.12. The summed E-state index contributed by atoms with van der Waals surface area (Å²) in [5.74, 6) is -1.67. The number of alkyl halides is 1. The van der Waals surface area contributed by atoms with E-state index in [1.54, 1.807) is 0 Å². The Kier molecular flexibility index (Phi) is 7.27. The van der Waals surface area contributed by atoms with Gasteiger partial charge in [-0.15, -0.1) is 0 Å². The number of H-pyrrole nitrogens is 1. The molecule has 14 heteroatoms. The lowest BCUT2D eigenvalue weighted by molar-refractivity contribution is 0.102. The third kappa shape index (κ3) is 5.39. The van der Waals surface area contributed by atoms with Crippen molar-refractivity contribution in [1.29, 1.82) is 0 Å². The Hall–Kier alpha value is -5.24. The van der Waals surface area contributed by atoms with Gasteiger partial charge < -0.3 is 20.7 Å². The first-order valence-electron chi connectivity index (χ1n) is 12.9. The number of halogens is 3. The molecule has 1 saturated heterocycles. The van der Waals surface area contributed by atoms with Crippen LogP contribution in [0.4, 0.5) is 24.7 Å². The van der Waals surface area contributed by atoms with Gasteiger partial charge in [-0.25, -0.2) is 18.2 Å². The average Bonchev–Trinajstić information content (AvgIpc) is 3.40. The molecule has 2 unspecified atom stereocenters. The van der Waals surface area contributed by atoms with Crippen molar-refractivity contribution in [2.75, 3.05) is 23.7 Å².